The fourth-order valence-corrected chi connectivity index (χ4v) is 4.05. The lowest BCUT2D eigenvalue weighted by atomic mass is 10.1. The van der Waals surface area contributed by atoms with E-state index in [1.54, 1.807) is 6.92 Å². The Morgan fingerprint density at radius 3 is 2.52 bits per heavy atom. The number of hydrogen-bond acceptors (Lipinski definition) is 5. The molecule has 0 fully saturated rings. The number of aromatic nitrogens is 3. The predicted octanol–water partition coefficient (Wildman–Crippen LogP) is 4.82. The summed E-state index contributed by atoms with van der Waals surface area (Å²) in [6.07, 6.45) is 4.11. The zero-order chi connectivity index (χ0) is 19.4. The van der Waals surface area contributed by atoms with Gasteiger partial charge in [-0.15, -0.1) is 0 Å². The highest BCUT2D eigenvalue weighted by molar-refractivity contribution is 7.18. The SMILES string of the molecule is CCCN(CCC)c1ccc(/C=C(\Cl)c2nn3c(=O)cc(C)nc3s2)cc1. The Bertz CT molecular complexity index is 1000. The van der Waals surface area contributed by atoms with E-state index in [1.807, 2.05) is 6.08 Å². The van der Waals surface area contributed by atoms with Gasteiger partial charge in [-0.05, 0) is 43.5 Å². The minimum atomic E-state index is -0.194. The number of anilines is 1. The molecule has 0 saturated carbocycles. The van der Waals surface area contributed by atoms with Crippen molar-refractivity contribution < 1.29 is 0 Å². The maximum Gasteiger partial charge on any atom is 0.275 e. The molecule has 0 atom stereocenters. The minimum absolute atomic E-state index is 0.194. The highest BCUT2D eigenvalue weighted by Gasteiger charge is 2.11. The van der Waals surface area contributed by atoms with E-state index in [4.69, 9.17) is 11.6 Å². The number of nitrogens with zero attached hydrogens (tertiary/aromatic N) is 4. The number of rotatable bonds is 7. The van der Waals surface area contributed by atoms with E-state index in [0.29, 0.717) is 20.7 Å². The van der Waals surface area contributed by atoms with Crippen molar-refractivity contribution in [2.75, 3.05) is 18.0 Å². The Labute approximate surface area is 167 Å². The fraction of sp³-hybridized carbons (Fsp3) is 0.350. The van der Waals surface area contributed by atoms with Gasteiger partial charge in [0.25, 0.3) is 5.56 Å². The van der Waals surface area contributed by atoms with Crippen LogP contribution in [-0.4, -0.2) is 27.7 Å². The number of hydrogen-bond donors (Lipinski definition) is 0. The van der Waals surface area contributed by atoms with E-state index in [2.05, 4.69) is 53.1 Å². The smallest absolute Gasteiger partial charge is 0.275 e. The third kappa shape index (κ3) is 4.57. The molecule has 27 heavy (non-hydrogen) atoms. The first-order chi connectivity index (χ1) is 13.0. The molecular formula is C20H23ClN4OS. The summed E-state index contributed by atoms with van der Waals surface area (Å²) in [5, 5.41) is 5.37. The molecule has 0 saturated heterocycles. The van der Waals surface area contributed by atoms with Crippen molar-refractivity contribution in [2.24, 2.45) is 0 Å². The van der Waals surface area contributed by atoms with Crippen molar-refractivity contribution in [3.8, 4) is 0 Å². The average Bonchev–Trinajstić information content (AvgIpc) is 3.07. The molecule has 1 aromatic carbocycles. The van der Waals surface area contributed by atoms with Gasteiger partial charge in [-0.25, -0.2) is 4.98 Å². The highest BCUT2D eigenvalue weighted by Crippen LogP contribution is 2.26. The molecule has 2 aromatic heterocycles. The van der Waals surface area contributed by atoms with Crippen molar-refractivity contribution in [3.05, 3.63) is 57.0 Å². The van der Waals surface area contributed by atoms with Crippen molar-refractivity contribution in [1.82, 2.24) is 14.6 Å². The minimum Gasteiger partial charge on any atom is -0.372 e. The normalized spacial score (nSPS) is 11.9. The number of fused-ring (bicyclic) bond motifs is 1. The van der Waals surface area contributed by atoms with Crippen LogP contribution in [0.3, 0.4) is 0 Å². The molecule has 0 amide bonds. The zero-order valence-electron chi connectivity index (χ0n) is 15.8. The molecule has 0 spiro atoms. The van der Waals surface area contributed by atoms with Crippen LogP contribution in [0.5, 0.6) is 0 Å². The first-order valence-corrected chi connectivity index (χ1v) is 10.3. The molecular weight excluding hydrogens is 380 g/mol. The topological polar surface area (TPSA) is 50.5 Å². The van der Waals surface area contributed by atoms with Gasteiger partial charge < -0.3 is 4.90 Å². The molecule has 142 valence electrons. The van der Waals surface area contributed by atoms with Crippen LogP contribution in [-0.2, 0) is 0 Å². The van der Waals surface area contributed by atoms with Crippen LogP contribution < -0.4 is 10.5 Å². The lowest BCUT2D eigenvalue weighted by Crippen LogP contribution is -2.24. The molecule has 0 N–H and O–H groups in total. The first-order valence-electron chi connectivity index (χ1n) is 9.12. The van der Waals surface area contributed by atoms with Crippen molar-refractivity contribution in [1.29, 1.82) is 0 Å². The van der Waals surface area contributed by atoms with Gasteiger partial charge in [0, 0.05) is 30.5 Å². The van der Waals surface area contributed by atoms with E-state index < -0.39 is 0 Å². The monoisotopic (exact) mass is 402 g/mol. The Morgan fingerprint density at radius 1 is 1.22 bits per heavy atom. The van der Waals surface area contributed by atoms with Gasteiger partial charge >= 0.3 is 0 Å². The van der Waals surface area contributed by atoms with E-state index >= 15 is 0 Å². The van der Waals surface area contributed by atoms with Gasteiger partial charge in [0.05, 0.1) is 5.03 Å². The molecule has 0 bridgehead atoms. The first kappa shape index (κ1) is 19.6. The van der Waals surface area contributed by atoms with Crippen LogP contribution in [0.2, 0.25) is 0 Å². The predicted molar refractivity (Wildman–Crippen MR) is 115 cm³/mol. The van der Waals surface area contributed by atoms with Crippen LogP contribution in [0.25, 0.3) is 16.1 Å². The molecule has 0 aliphatic carbocycles. The average molecular weight is 403 g/mol. The maximum atomic E-state index is 12.0. The highest BCUT2D eigenvalue weighted by atomic mass is 35.5. The molecule has 3 aromatic rings. The lowest BCUT2D eigenvalue weighted by molar-refractivity contribution is 0.745. The summed E-state index contributed by atoms with van der Waals surface area (Å²) in [7, 11) is 0. The van der Waals surface area contributed by atoms with Gasteiger partial charge in [-0.2, -0.15) is 9.61 Å². The quantitative estimate of drug-likeness (QED) is 0.568. The Hall–Kier alpha value is -2.18. The molecule has 0 unspecified atom stereocenters. The van der Waals surface area contributed by atoms with E-state index in [1.165, 1.54) is 27.6 Å². The number of benzene rings is 1. The summed E-state index contributed by atoms with van der Waals surface area (Å²) in [6, 6.07) is 9.81. The molecule has 3 rings (SSSR count). The van der Waals surface area contributed by atoms with Gasteiger partial charge in [0.15, 0.2) is 5.01 Å². The largest absolute Gasteiger partial charge is 0.372 e. The van der Waals surface area contributed by atoms with E-state index in [9.17, 15) is 4.79 Å². The Morgan fingerprint density at radius 2 is 1.89 bits per heavy atom. The Balaban J connectivity index is 1.85. The van der Waals surface area contributed by atoms with Crippen molar-refractivity contribution in [3.63, 3.8) is 0 Å². The van der Waals surface area contributed by atoms with Crippen LogP contribution in [0.4, 0.5) is 5.69 Å². The van der Waals surface area contributed by atoms with Crippen molar-refractivity contribution in [2.45, 2.75) is 33.6 Å². The molecule has 2 heterocycles. The molecule has 0 aliphatic heterocycles. The Kier molecular flexibility index (Phi) is 6.29. The van der Waals surface area contributed by atoms with E-state index in [0.717, 1.165) is 31.5 Å². The van der Waals surface area contributed by atoms with Gasteiger partial charge in [-0.1, -0.05) is 48.9 Å². The number of halogens is 1. The van der Waals surface area contributed by atoms with Crippen LogP contribution in [0, 0.1) is 6.92 Å². The summed E-state index contributed by atoms with van der Waals surface area (Å²) in [6.45, 7) is 8.28. The van der Waals surface area contributed by atoms with Gasteiger partial charge in [0.1, 0.15) is 0 Å². The summed E-state index contributed by atoms with van der Waals surface area (Å²) in [4.78, 5) is 19.3. The number of aryl methyl sites for hydroxylation is 1. The van der Waals surface area contributed by atoms with Crippen LogP contribution >= 0.6 is 22.9 Å². The van der Waals surface area contributed by atoms with E-state index in [-0.39, 0.29) is 5.56 Å². The zero-order valence-corrected chi connectivity index (χ0v) is 17.3. The third-order valence-corrected chi connectivity index (χ3v) is 5.46. The molecule has 0 aliphatic rings. The summed E-state index contributed by atoms with van der Waals surface area (Å²) in [5.74, 6) is 0. The second kappa shape index (κ2) is 8.67. The van der Waals surface area contributed by atoms with Crippen LogP contribution in [0.1, 0.15) is 43.0 Å². The second-order valence-corrected chi connectivity index (χ2v) is 7.77. The standard InChI is InChI=1S/C20H23ClN4OS/c1-4-10-24(11-5-2)16-8-6-15(7-9-16)13-17(21)19-23-25-18(26)12-14(3)22-20(25)27-19/h6-9,12-13H,4-5,10-11H2,1-3H3/b17-13-. The summed E-state index contributed by atoms with van der Waals surface area (Å²) in [5.41, 5.74) is 2.70. The second-order valence-electron chi connectivity index (χ2n) is 6.41. The summed E-state index contributed by atoms with van der Waals surface area (Å²) < 4.78 is 1.29. The van der Waals surface area contributed by atoms with Crippen molar-refractivity contribution >= 4 is 44.7 Å². The van der Waals surface area contributed by atoms with Crippen LogP contribution in [0.15, 0.2) is 35.1 Å². The van der Waals surface area contributed by atoms with Gasteiger partial charge in [-0.3, -0.25) is 4.79 Å². The third-order valence-electron chi connectivity index (χ3n) is 4.12. The van der Waals surface area contributed by atoms with Gasteiger partial charge in [0.2, 0.25) is 4.96 Å². The fourth-order valence-electron chi connectivity index (χ4n) is 2.92. The lowest BCUT2D eigenvalue weighted by Gasteiger charge is -2.23. The molecule has 7 heteroatoms. The molecule has 0 radical (unpaired) electrons. The summed E-state index contributed by atoms with van der Waals surface area (Å²) >= 11 is 7.77. The molecule has 5 nitrogen and oxygen atoms in total. The maximum absolute atomic E-state index is 12.0.